The number of hydrogen-bond donors (Lipinski definition) is 1. The lowest BCUT2D eigenvalue weighted by Gasteiger charge is -2.11. The normalized spacial score (nSPS) is 11.3. The molecular weight excluding hydrogens is 389 g/mol. The number of aryl methyl sites for hydroxylation is 1. The standard InChI is InChI=1S/C20H18Cl3N3/c1-13-10-15(14(2)26(13)20-9-4-3-6-19(20)23)11-24-25-12-16-17(21)7-5-8-18(16)22/h3-11,25H,12H2,1-2H3/b24-11+. The van der Waals surface area contributed by atoms with Gasteiger partial charge in [-0.2, -0.15) is 5.10 Å². The van der Waals surface area contributed by atoms with Crippen molar-refractivity contribution in [3.05, 3.63) is 86.1 Å². The zero-order valence-corrected chi connectivity index (χ0v) is 16.7. The van der Waals surface area contributed by atoms with Crippen LogP contribution in [0.2, 0.25) is 15.1 Å². The zero-order valence-electron chi connectivity index (χ0n) is 14.4. The highest BCUT2D eigenvalue weighted by Gasteiger charge is 2.11. The Balaban J connectivity index is 1.78. The Morgan fingerprint density at radius 2 is 1.62 bits per heavy atom. The van der Waals surface area contributed by atoms with E-state index in [1.165, 1.54) is 0 Å². The fourth-order valence-corrected chi connectivity index (χ4v) is 3.61. The number of nitrogens with one attached hydrogen (secondary N) is 1. The van der Waals surface area contributed by atoms with Crippen LogP contribution in [0, 0.1) is 13.8 Å². The van der Waals surface area contributed by atoms with Crippen molar-refractivity contribution in [2.24, 2.45) is 5.10 Å². The fourth-order valence-electron chi connectivity index (χ4n) is 2.86. The quantitative estimate of drug-likeness (QED) is 0.398. The van der Waals surface area contributed by atoms with Gasteiger partial charge in [-0.15, -0.1) is 0 Å². The minimum atomic E-state index is 0.457. The second-order valence-corrected chi connectivity index (χ2v) is 7.13. The third-order valence-electron chi connectivity index (χ3n) is 4.18. The maximum atomic E-state index is 6.34. The number of nitrogens with zero attached hydrogens (tertiary/aromatic N) is 2. The first-order chi connectivity index (χ1) is 12.5. The molecule has 0 saturated heterocycles. The van der Waals surface area contributed by atoms with Crippen molar-refractivity contribution in [2.45, 2.75) is 20.4 Å². The van der Waals surface area contributed by atoms with Gasteiger partial charge in [-0.25, -0.2) is 0 Å². The van der Waals surface area contributed by atoms with Crippen LogP contribution >= 0.6 is 34.8 Å². The molecule has 1 heterocycles. The average molecular weight is 407 g/mol. The molecule has 0 saturated carbocycles. The van der Waals surface area contributed by atoms with Crippen LogP contribution in [-0.2, 0) is 6.54 Å². The van der Waals surface area contributed by atoms with Gasteiger partial charge in [0.15, 0.2) is 0 Å². The van der Waals surface area contributed by atoms with Crippen LogP contribution in [0.25, 0.3) is 5.69 Å². The van der Waals surface area contributed by atoms with Crippen LogP contribution in [0.3, 0.4) is 0 Å². The average Bonchev–Trinajstić information content (AvgIpc) is 2.88. The smallest absolute Gasteiger partial charge is 0.0646 e. The molecule has 3 rings (SSSR count). The monoisotopic (exact) mass is 405 g/mol. The van der Waals surface area contributed by atoms with Crippen molar-refractivity contribution in [1.29, 1.82) is 0 Å². The molecule has 134 valence electrons. The maximum Gasteiger partial charge on any atom is 0.0646 e. The molecule has 0 bridgehead atoms. The minimum Gasteiger partial charge on any atom is -0.316 e. The summed E-state index contributed by atoms with van der Waals surface area (Å²) in [5.74, 6) is 0. The summed E-state index contributed by atoms with van der Waals surface area (Å²) >= 11 is 18.7. The largest absolute Gasteiger partial charge is 0.316 e. The number of hydrazone groups is 1. The van der Waals surface area contributed by atoms with E-state index in [-0.39, 0.29) is 0 Å². The molecule has 1 aromatic heterocycles. The lowest BCUT2D eigenvalue weighted by molar-refractivity contribution is 0.748. The SMILES string of the molecule is Cc1cc(/C=N/NCc2c(Cl)cccc2Cl)c(C)n1-c1ccccc1Cl. The van der Waals surface area contributed by atoms with Gasteiger partial charge in [-0.05, 0) is 44.2 Å². The van der Waals surface area contributed by atoms with Crippen molar-refractivity contribution < 1.29 is 0 Å². The van der Waals surface area contributed by atoms with Crippen LogP contribution < -0.4 is 5.43 Å². The maximum absolute atomic E-state index is 6.34. The summed E-state index contributed by atoms with van der Waals surface area (Å²) in [6.07, 6.45) is 1.79. The van der Waals surface area contributed by atoms with E-state index in [1.807, 2.05) is 56.3 Å². The molecule has 0 spiro atoms. The van der Waals surface area contributed by atoms with Crippen LogP contribution in [0.1, 0.15) is 22.5 Å². The predicted molar refractivity (Wildman–Crippen MR) is 111 cm³/mol. The molecule has 3 aromatic rings. The van der Waals surface area contributed by atoms with Gasteiger partial charge in [-0.3, -0.25) is 0 Å². The number of hydrogen-bond acceptors (Lipinski definition) is 2. The highest BCUT2D eigenvalue weighted by molar-refractivity contribution is 6.36. The van der Waals surface area contributed by atoms with E-state index >= 15 is 0 Å². The predicted octanol–water partition coefficient (Wildman–Crippen LogP) is 6.18. The van der Waals surface area contributed by atoms with Crippen LogP contribution in [0.15, 0.2) is 53.6 Å². The van der Waals surface area contributed by atoms with Gasteiger partial charge in [-0.1, -0.05) is 53.0 Å². The summed E-state index contributed by atoms with van der Waals surface area (Å²) in [7, 11) is 0. The molecule has 26 heavy (non-hydrogen) atoms. The Morgan fingerprint density at radius 1 is 0.962 bits per heavy atom. The van der Waals surface area contributed by atoms with Gasteiger partial charge < -0.3 is 9.99 Å². The van der Waals surface area contributed by atoms with Crippen LogP contribution in [-0.4, -0.2) is 10.8 Å². The van der Waals surface area contributed by atoms with Gasteiger partial charge >= 0.3 is 0 Å². The molecule has 0 unspecified atom stereocenters. The van der Waals surface area contributed by atoms with Gasteiger partial charge in [0.2, 0.25) is 0 Å². The second kappa shape index (κ2) is 8.17. The van der Waals surface area contributed by atoms with Crippen molar-refractivity contribution in [1.82, 2.24) is 9.99 Å². The minimum absolute atomic E-state index is 0.457. The highest BCUT2D eigenvalue weighted by atomic mass is 35.5. The van der Waals surface area contributed by atoms with E-state index in [2.05, 4.69) is 21.2 Å². The van der Waals surface area contributed by atoms with Gasteiger partial charge in [0.25, 0.3) is 0 Å². The topological polar surface area (TPSA) is 29.3 Å². The number of rotatable bonds is 5. The summed E-state index contributed by atoms with van der Waals surface area (Å²) in [5, 5.41) is 6.27. The molecule has 0 amide bonds. The van der Waals surface area contributed by atoms with Crippen molar-refractivity contribution in [2.75, 3.05) is 0 Å². The molecule has 0 radical (unpaired) electrons. The van der Waals surface area contributed by atoms with Gasteiger partial charge in [0.1, 0.15) is 0 Å². The molecule has 0 atom stereocenters. The third-order valence-corrected chi connectivity index (χ3v) is 5.20. The molecule has 3 nitrogen and oxygen atoms in total. The fraction of sp³-hybridized carbons (Fsp3) is 0.150. The Bertz CT molecular complexity index is 941. The van der Waals surface area contributed by atoms with E-state index in [0.29, 0.717) is 21.6 Å². The Hall–Kier alpha value is -1.94. The van der Waals surface area contributed by atoms with E-state index in [1.54, 1.807) is 6.21 Å². The summed E-state index contributed by atoms with van der Waals surface area (Å²) < 4.78 is 2.12. The molecule has 0 aliphatic heterocycles. The molecule has 0 aliphatic carbocycles. The number of halogens is 3. The number of para-hydroxylation sites is 1. The molecule has 0 aliphatic rings. The summed E-state index contributed by atoms with van der Waals surface area (Å²) in [6.45, 7) is 4.55. The van der Waals surface area contributed by atoms with Crippen LogP contribution in [0.4, 0.5) is 0 Å². The van der Waals surface area contributed by atoms with Gasteiger partial charge in [0, 0.05) is 32.6 Å². The molecule has 0 fully saturated rings. The molecule has 2 aromatic carbocycles. The van der Waals surface area contributed by atoms with Gasteiger partial charge in [0.05, 0.1) is 23.5 Å². The third kappa shape index (κ3) is 3.90. The van der Waals surface area contributed by atoms with Crippen molar-refractivity contribution in [3.8, 4) is 5.69 Å². The number of benzene rings is 2. The second-order valence-electron chi connectivity index (χ2n) is 5.91. The van der Waals surface area contributed by atoms with E-state index in [4.69, 9.17) is 34.8 Å². The summed E-state index contributed by atoms with van der Waals surface area (Å²) in [5.41, 5.74) is 7.96. The van der Waals surface area contributed by atoms with Crippen LogP contribution in [0.5, 0.6) is 0 Å². The molecule has 1 N–H and O–H groups in total. The van der Waals surface area contributed by atoms with E-state index < -0.39 is 0 Å². The summed E-state index contributed by atoms with van der Waals surface area (Å²) in [4.78, 5) is 0. The zero-order chi connectivity index (χ0) is 18.7. The first kappa shape index (κ1) is 18.8. The Kier molecular flexibility index (Phi) is 5.92. The Labute approximate surface area is 168 Å². The first-order valence-corrected chi connectivity index (χ1v) is 9.25. The highest BCUT2D eigenvalue weighted by Crippen LogP contribution is 2.26. The lowest BCUT2D eigenvalue weighted by Crippen LogP contribution is -2.07. The van der Waals surface area contributed by atoms with Crippen molar-refractivity contribution >= 4 is 41.0 Å². The first-order valence-electron chi connectivity index (χ1n) is 8.11. The molecule has 6 heteroatoms. The molecular formula is C20H18Cl3N3. The number of aromatic nitrogens is 1. The van der Waals surface area contributed by atoms with Crippen molar-refractivity contribution in [3.63, 3.8) is 0 Å². The van der Waals surface area contributed by atoms with E-state index in [9.17, 15) is 0 Å². The summed E-state index contributed by atoms with van der Waals surface area (Å²) in [6, 6.07) is 15.3. The Morgan fingerprint density at radius 3 is 2.31 bits per heavy atom. The lowest BCUT2D eigenvalue weighted by atomic mass is 10.2. The van der Waals surface area contributed by atoms with E-state index in [0.717, 1.165) is 28.2 Å².